The van der Waals surface area contributed by atoms with Crippen LogP contribution in [0.1, 0.15) is 18.1 Å². The lowest BCUT2D eigenvalue weighted by molar-refractivity contribution is -0.139. The average molecular weight is 359 g/mol. The summed E-state index contributed by atoms with van der Waals surface area (Å²) >= 11 is 5.89. The highest BCUT2D eigenvalue weighted by atomic mass is 35.5. The van der Waals surface area contributed by atoms with Crippen molar-refractivity contribution in [2.24, 2.45) is 0 Å². The van der Waals surface area contributed by atoms with E-state index in [2.05, 4.69) is 5.32 Å². The average Bonchev–Trinajstić information content (AvgIpc) is 2.63. The van der Waals surface area contributed by atoms with Gasteiger partial charge in [0, 0.05) is 18.6 Å². The van der Waals surface area contributed by atoms with Crippen LogP contribution in [-0.2, 0) is 22.4 Å². The van der Waals surface area contributed by atoms with Gasteiger partial charge < -0.3 is 10.2 Å². The van der Waals surface area contributed by atoms with Crippen LogP contribution < -0.4 is 5.32 Å². The monoisotopic (exact) mass is 358 g/mol. The van der Waals surface area contributed by atoms with Gasteiger partial charge in [0.05, 0.1) is 6.42 Å². The molecule has 2 amide bonds. The van der Waals surface area contributed by atoms with Crippen molar-refractivity contribution in [1.29, 1.82) is 0 Å². The van der Waals surface area contributed by atoms with Crippen LogP contribution >= 0.6 is 11.6 Å². The van der Waals surface area contributed by atoms with E-state index in [0.29, 0.717) is 18.0 Å². The summed E-state index contributed by atoms with van der Waals surface area (Å²) in [5.41, 5.74) is 2.01. The van der Waals surface area contributed by atoms with E-state index >= 15 is 0 Å². The number of carbonyl (C=O) groups is 2. The molecule has 0 radical (unpaired) electrons. The van der Waals surface area contributed by atoms with Crippen molar-refractivity contribution in [1.82, 2.24) is 10.2 Å². The third kappa shape index (κ3) is 5.61. The zero-order chi connectivity index (χ0) is 18.2. The maximum Gasteiger partial charge on any atom is 0.242 e. The highest BCUT2D eigenvalue weighted by molar-refractivity contribution is 6.30. The highest BCUT2D eigenvalue weighted by Gasteiger charge is 2.24. The molecule has 25 heavy (non-hydrogen) atoms. The summed E-state index contributed by atoms with van der Waals surface area (Å²) in [7, 11) is 1.58. The van der Waals surface area contributed by atoms with Crippen LogP contribution in [0.5, 0.6) is 0 Å². The van der Waals surface area contributed by atoms with E-state index in [1.165, 1.54) is 0 Å². The molecule has 1 atom stereocenters. The Bertz CT molecular complexity index is 701. The standard InChI is InChI=1S/C20H23ClN2O2/c1-15(20(25)22-2)23(13-12-16-6-4-3-5-7-16)19(24)14-17-8-10-18(21)11-9-17/h3-11,15H,12-14H2,1-2H3,(H,22,25)/t15-/m0/s1. The second kappa shape index (κ2) is 9.23. The summed E-state index contributed by atoms with van der Waals surface area (Å²) in [6.45, 7) is 2.24. The maximum absolute atomic E-state index is 12.8. The third-order valence-corrected chi connectivity index (χ3v) is 4.42. The van der Waals surface area contributed by atoms with E-state index in [9.17, 15) is 9.59 Å². The molecule has 0 spiro atoms. The zero-order valence-electron chi connectivity index (χ0n) is 14.5. The molecule has 4 nitrogen and oxygen atoms in total. The van der Waals surface area contributed by atoms with Crippen molar-refractivity contribution in [3.63, 3.8) is 0 Å². The lowest BCUT2D eigenvalue weighted by Gasteiger charge is -2.28. The van der Waals surface area contributed by atoms with Gasteiger partial charge in [0.25, 0.3) is 0 Å². The van der Waals surface area contributed by atoms with Gasteiger partial charge in [-0.25, -0.2) is 0 Å². The second-order valence-electron chi connectivity index (χ2n) is 5.92. The van der Waals surface area contributed by atoms with Gasteiger partial charge in [0.2, 0.25) is 11.8 Å². The van der Waals surface area contributed by atoms with Gasteiger partial charge in [-0.2, -0.15) is 0 Å². The Morgan fingerprint density at radius 2 is 1.68 bits per heavy atom. The predicted molar refractivity (Wildman–Crippen MR) is 101 cm³/mol. The fraction of sp³-hybridized carbons (Fsp3) is 0.300. The molecule has 132 valence electrons. The molecule has 2 aromatic rings. The summed E-state index contributed by atoms with van der Waals surface area (Å²) in [5.74, 6) is -0.244. The van der Waals surface area contributed by atoms with Gasteiger partial charge in [-0.1, -0.05) is 54.1 Å². The molecule has 0 bridgehead atoms. The maximum atomic E-state index is 12.8. The SMILES string of the molecule is CNC(=O)[C@H](C)N(CCc1ccccc1)C(=O)Cc1ccc(Cl)cc1. The lowest BCUT2D eigenvalue weighted by atomic mass is 10.1. The van der Waals surface area contributed by atoms with Crippen LogP contribution in [0.15, 0.2) is 54.6 Å². The van der Waals surface area contributed by atoms with Crippen molar-refractivity contribution in [3.8, 4) is 0 Å². The number of hydrogen-bond donors (Lipinski definition) is 1. The normalized spacial score (nSPS) is 11.6. The lowest BCUT2D eigenvalue weighted by Crippen LogP contribution is -2.48. The van der Waals surface area contributed by atoms with Crippen LogP contribution in [0, 0.1) is 0 Å². The topological polar surface area (TPSA) is 49.4 Å². The largest absolute Gasteiger partial charge is 0.357 e. The van der Waals surface area contributed by atoms with Crippen LogP contribution in [-0.4, -0.2) is 36.3 Å². The Hall–Kier alpha value is -2.33. The molecule has 0 aromatic heterocycles. The van der Waals surface area contributed by atoms with Crippen molar-refractivity contribution in [2.75, 3.05) is 13.6 Å². The van der Waals surface area contributed by atoms with Crippen LogP contribution in [0.25, 0.3) is 0 Å². The molecule has 0 aliphatic heterocycles. The van der Waals surface area contributed by atoms with E-state index in [0.717, 1.165) is 11.1 Å². The smallest absolute Gasteiger partial charge is 0.242 e. The Labute approximate surface area is 153 Å². The first-order chi connectivity index (χ1) is 12.0. The van der Waals surface area contributed by atoms with Crippen LogP contribution in [0.3, 0.4) is 0 Å². The van der Waals surface area contributed by atoms with Crippen LogP contribution in [0.4, 0.5) is 0 Å². The number of likely N-dealkylation sites (N-methyl/N-ethyl adjacent to an activating group) is 1. The molecule has 1 N–H and O–H groups in total. The summed E-state index contributed by atoms with van der Waals surface area (Å²) in [6.07, 6.45) is 0.946. The minimum absolute atomic E-state index is 0.0747. The molecule has 0 heterocycles. The van der Waals surface area contributed by atoms with Gasteiger partial charge in [-0.15, -0.1) is 0 Å². The van der Waals surface area contributed by atoms with E-state index in [1.807, 2.05) is 42.5 Å². The number of rotatable bonds is 7. The van der Waals surface area contributed by atoms with Crippen molar-refractivity contribution in [3.05, 3.63) is 70.7 Å². The molecule has 2 rings (SSSR count). The highest BCUT2D eigenvalue weighted by Crippen LogP contribution is 2.13. The zero-order valence-corrected chi connectivity index (χ0v) is 15.3. The first-order valence-corrected chi connectivity index (χ1v) is 8.68. The summed E-state index contributed by atoms with van der Waals surface area (Å²) in [6, 6.07) is 16.6. The molecular weight excluding hydrogens is 336 g/mol. The Morgan fingerprint density at radius 3 is 2.28 bits per heavy atom. The molecule has 0 saturated heterocycles. The number of halogens is 1. The first kappa shape index (κ1) is 19.0. The van der Waals surface area contributed by atoms with Crippen molar-refractivity contribution < 1.29 is 9.59 Å². The number of hydrogen-bond acceptors (Lipinski definition) is 2. The van der Waals surface area contributed by atoms with Gasteiger partial charge in [0.1, 0.15) is 6.04 Å². The third-order valence-electron chi connectivity index (χ3n) is 4.17. The summed E-state index contributed by atoms with van der Waals surface area (Å²) < 4.78 is 0. The molecule has 0 aliphatic rings. The van der Waals surface area contributed by atoms with Gasteiger partial charge >= 0.3 is 0 Å². The molecule has 5 heteroatoms. The number of nitrogens with zero attached hydrogens (tertiary/aromatic N) is 1. The fourth-order valence-corrected chi connectivity index (χ4v) is 2.78. The van der Waals surface area contributed by atoms with Gasteiger partial charge in [-0.3, -0.25) is 9.59 Å². The number of amides is 2. The van der Waals surface area contributed by atoms with Gasteiger partial charge in [0.15, 0.2) is 0 Å². The van der Waals surface area contributed by atoms with Crippen molar-refractivity contribution >= 4 is 23.4 Å². The molecule has 0 saturated carbocycles. The van der Waals surface area contributed by atoms with E-state index in [-0.39, 0.29) is 18.2 Å². The van der Waals surface area contributed by atoms with Crippen LogP contribution in [0.2, 0.25) is 5.02 Å². The van der Waals surface area contributed by atoms with Crippen molar-refractivity contribution in [2.45, 2.75) is 25.8 Å². The number of benzene rings is 2. The summed E-state index contributed by atoms with van der Waals surface area (Å²) in [5, 5.41) is 3.25. The van der Waals surface area contributed by atoms with E-state index in [4.69, 9.17) is 11.6 Å². The number of carbonyl (C=O) groups excluding carboxylic acids is 2. The minimum Gasteiger partial charge on any atom is -0.357 e. The van der Waals surface area contributed by atoms with E-state index < -0.39 is 6.04 Å². The molecule has 0 fully saturated rings. The predicted octanol–water partition coefficient (Wildman–Crippen LogP) is 3.09. The molecule has 0 unspecified atom stereocenters. The van der Waals surface area contributed by atoms with E-state index in [1.54, 1.807) is 31.0 Å². The molecule has 2 aromatic carbocycles. The Balaban J connectivity index is 2.10. The quantitative estimate of drug-likeness (QED) is 0.826. The molecular formula is C20H23ClN2O2. The second-order valence-corrected chi connectivity index (χ2v) is 6.35. The fourth-order valence-electron chi connectivity index (χ4n) is 2.66. The minimum atomic E-state index is -0.520. The number of nitrogens with one attached hydrogen (secondary N) is 1. The first-order valence-electron chi connectivity index (χ1n) is 8.30. The Morgan fingerprint density at radius 1 is 1.04 bits per heavy atom. The Kier molecular flexibility index (Phi) is 7.02. The summed E-state index contributed by atoms with van der Waals surface area (Å²) in [4.78, 5) is 26.5. The molecule has 0 aliphatic carbocycles. The van der Waals surface area contributed by atoms with Gasteiger partial charge in [-0.05, 0) is 36.6 Å².